The quantitative estimate of drug-likeness (QED) is 0.0377. The molecule has 0 bridgehead atoms. The van der Waals surface area contributed by atoms with Crippen LogP contribution in [0.2, 0.25) is 0 Å². The highest BCUT2D eigenvalue weighted by Crippen LogP contribution is 2.19. The second-order valence-electron chi connectivity index (χ2n) is 17.0. The number of carbonyl (C=O) groups is 2. The van der Waals surface area contributed by atoms with Crippen LogP contribution in [0.5, 0.6) is 0 Å². The van der Waals surface area contributed by atoms with Gasteiger partial charge in [-0.1, -0.05) is 156 Å². The van der Waals surface area contributed by atoms with Crippen molar-refractivity contribution in [1.82, 2.24) is 4.90 Å². The highest BCUT2D eigenvalue weighted by atomic mass is 16.5. The van der Waals surface area contributed by atoms with Gasteiger partial charge in [0, 0.05) is 26.4 Å². The van der Waals surface area contributed by atoms with Gasteiger partial charge in [-0.05, 0) is 83.8 Å². The Morgan fingerprint density at radius 2 is 0.914 bits per heavy atom. The van der Waals surface area contributed by atoms with Crippen LogP contribution in [0.4, 0.5) is 11.4 Å². The third-order valence-corrected chi connectivity index (χ3v) is 11.6. The largest absolute Gasteiger partial charge is 0.466 e. The first kappa shape index (κ1) is 53.6. The average molecular weight is 818 g/mol. The minimum Gasteiger partial charge on any atom is -0.466 e. The van der Waals surface area contributed by atoms with Crippen molar-refractivity contribution < 1.29 is 19.1 Å². The molecule has 0 saturated heterocycles. The maximum atomic E-state index is 12.8. The van der Waals surface area contributed by atoms with Crippen molar-refractivity contribution in [2.45, 2.75) is 239 Å². The van der Waals surface area contributed by atoms with E-state index in [1.807, 2.05) is 0 Å². The number of esters is 2. The standard InChI is InChI=1S/C49H91N3O6/c1-5-8-11-14-16-17-18-24-32-42-57-44(53)36-29-25-31-40-52(41-33-38-51-47-46(50-4)48(55)49(47)56)39-30-23-19-22-28-37-45(54)58-43(34-26-20-13-10-7-3)35-27-21-15-12-9-6-2/h43,50-51H,5-42H2,1-4H3. The van der Waals surface area contributed by atoms with Crippen molar-refractivity contribution in [3.63, 3.8) is 0 Å². The van der Waals surface area contributed by atoms with Crippen LogP contribution in [-0.4, -0.2) is 62.8 Å². The van der Waals surface area contributed by atoms with Crippen molar-refractivity contribution in [3.8, 4) is 0 Å². The van der Waals surface area contributed by atoms with Crippen molar-refractivity contribution in [2.75, 3.05) is 50.5 Å². The van der Waals surface area contributed by atoms with Gasteiger partial charge in [-0.15, -0.1) is 0 Å². The smallest absolute Gasteiger partial charge is 0.306 e. The summed E-state index contributed by atoms with van der Waals surface area (Å²) < 4.78 is 11.5. The van der Waals surface area contributed by atoms with E-state index in [2.05, 4.69) is 36.3 Å². The van der Waals surface area contributed by atoms with Gasteiger partial charge in [0.1, 0.15) is 17.5 Å². The minimum absolute atomic E-state index is 0.0121. The van der Waals surface area contributed by atoms with Crippen LogP contribution < -0.4 is 21.5 Å². The summed E-state index contributed by atoms with van der Waals surface area (Å²) in [5, 5.41) is 5.99. The molecule has 0 fully saturated rings. The van der Waals surface area contributed by atoms with Crippen LogP contribution in [-0.2, 0) is 19.1 Å². The predicted octanol–water partition coefficient (Wildman–Crippen LogP) is 12.4. The Labute approximate surface area is 356 Å². The van der Waals surface area contributed by atoms with Crippen LogP contribution in [0.1, 0.15) is 233 Å². The normalized spacial score (nSPS) is 12.0. The first-order valence-electron chi connectivity index (χ1n) is 24.7. The molecule has 0 spiro atoms. The van der Waals surface area contributed by atoms with Gasteiger partial charge in [0.05, 0.1) is 6.61 Å². The van der Waals surface area contributed by atoms with Gasteiger partial charge < -0.3 is 25.0 Å². The van der Waals surface area contributed by atoms with E-state index in [1.165, 1.54) is 103 Å². The zero-order valence-corrected chi connectivity index (χ0v) is 38.3. The van der Waals surface area contributed by atoms with Crippen LogP contribution >= 0.6 is 0 Å². The summed E-state index contributed by atoms with van der Waals surface area (Å²) >= 11 is 0. The van der Waals surface area contributed by atoms with Crippen LogP contribution in [0.15, 0.2) is 9.59 Å². The number of rotatable bonds is 44. The Morgan fingerprint density at radius 1 is 0.500 bits per heavy atom. The summed E-state index contributed by atoms with van der Waals surface area (Å²) in [6.07, 6.45) is 37.2. The molecule has 1 rings (SSSR count). The first-order chi connectivity index (χ1) is 28.4. The number of nitrogens with one attached hydrogen (secondary N) is 2. The number of anilines is 2. The Hall–Kier alpha value is -2.42. The third kappa shape index (κ3) is 28.9. The lowest BCUT2D eigenvalue weighted by Gasteiger charge is -2.23. The van der Waals surface area contributed by atoms with Gasteiger partial charge in [0.15, 0.2) is 0 Å². The zero-order valence-electron chi connectivity index (χ0n) is 38.3. The summed E-state index contributed by atoms with van der Waals surface area (Å²) in [4.78, 5) is 51.3. The topological polar surface area (TPSA) is 114 Å². The van der Waals surface area contributed by atoms with Crippen molar-refractivity contribution >= 4 is 23.3 Å². The fourth-order valence-corrected chi connectivity index (χ4v) is 7.87. The Bertz CT molecular complexity index is 1180. The number of hydrogen-bond acceptors (Lipinski definition) is 9. The molecule has 0 heterocycles. The molecule has 0 aliphatic carbocycles. The minimum atomic E-state index is -0.447. The molecule has 338 valence electrons. The highest BCUT2D eigenvalue weighted by molar-refractivity contribution is 5.73. The molecule has 1 aromatic carbocycles. The summed E-state index contributed by atoms with van der Waals surface area (Å²) in [6, 6.07) is 0. The number of nitrogens with zero attached hydrogens (tertiary/aromatic N) is 1. The molecule has 0 saturated carbocycles. The van der Waals surface area contributed by atoms with Crippen molar-refractivity contribution in [3.05, 3.63) is 20.4 Å². The average Bonchev–Trinajstić information content (AvgIpc) is 3.22. The summed E-state index contributed by atoms with van der Waals surface area (Å²) in [5.74, 6) is -0.0808. The van der Waals surface area contributed by atoms with E-state index >= 15 is 0 Å². The molecule has 9 nitrogen and oxygen atoms in total. The zero-order chi connectivity index (χ0) is 42.3. The molecular formula is C49H91N3O6. The number of carbonyl (C=O) groups excluding carboxylic acids is 2. The fraction of sp³-hybridized carbons (Fsp3) is 0.878. The van der Waals surface area contributed by atoms with E-state index in [-0.39, 0.29) is 18.0 Å². The molecule has 2 N–H and O–H groups in total. The van der Waals surface area contributed by atoms with Gasteiger partial charge in [-0.25, -0.2) is 0 Å². The molecule has 0 radical (unpaired) electrons. The van der Waals surface area contributed by atoms with Gasteiger partial charge in [0.2, 0.25) is 0 Å². The van der Waals surface area contributed by atoms with Gasteiger partial charge in [-0.2, -0.15) is 0 Å². The maximum absolute atomic E-state index is 12.8. The molecule has 1 atom stereocenters. The summed E-state index contributed by atoms with van der Waals surface area (Å²) in [7, 11) is 1.66. The van der Waals surface area contributed by atoms with Crippen molar-refractivity contribution in [2.24, 2.45) is 0 Å². The second kappa shape index (κ2) is 38.8. The number of ether oxygens (including phenoxy) is 2. The maximum Gasteiger partial charge on any atom is 0.306 e. The molecular weight excluding hydrogens is 727 g/mol. The molecule has 1 unspecified atom stereocenters. The summed E-state index contributed by atoms with van der Waals surface area (Å²) in [5.41, 5.74) is -0.0975. The lowest BCUT2D eigenvalue weighted by Crippen LogP contribution is -2.37. The molecule has 9 heteroatoms. The van der Waals surface area contributed by atoms with Gasteiger partial charge >= 0.3 is 11.9 Å². The van der Waals surface area contributed by atoms with Gasteiger partial charge in [0.25, 0.3) is 10.9 Å². The van der Waals surface area contributed by atoms with Gasteiger partial charge in [-0.3, -0.25) is 19.2 Å². The van der Waals surface area contributed by atoms with E-state index in [9.17, 15) is 19.2 Å². The molecule has 0 aliphatic heterocycles. The molecule has 0 aliphatic rings. The van der Waals surface area contributed by atoms with E-state index in [4.69, 9.17) is 9.47 Å². The lowest BCUT2D eigenvalue weighted by atomic mass is 10.0. The SMILES string of the molecule is CCCCCCCCCCCOC(=O)CCCCCN(CCCCCCCC(=O)OC(CCCCCCC)CCCCCCCC)CCCNc1c(NC)c(=O)c1=O. The van der Waals surface area contributed by atoms with Crippen LogP contribution in [0, 0.1) is 0 Å². The van der Waals surface area contributed by atoms with E-state index in [0.717, 1.165) is 116 Å². The molecule has 58 heavy (non-hydrogen) atoms. The Kier molecular flexibility index (Phi) is 35.8. The Balaban J connectivity index is 2.36. The van der Waals surface area contributed by atoms with E-state index in [1.54, 1.807) is 7.05 Å². The van der Waals surface area contributed by atoms with E-state index < -0.39 is 10.9 Å². The second-order valence-corrected chi connectivity index (χ2v) is 17.0. The third-order valence-electron chi connectivity index (χ3n) is 11.6. The number of hydrogen-bond donors (Lipinski definition) is 2. The Morgan fingerprint density at radius 3 is 1.45 bits per heavy atom. The van der Waals surface area contributed by atoms with Crippen LogP contribution in [0.3, 0.4) is 0 Å². The number of unbranched alkanes of at least 4 members (excludes halogenated alkanes) is 23. The monoisotopic (exact) mass is 818 g/mol. The molecule has 0 aromatic heterocycles. The van der Waals surface area contributed by atoms with Crippen LogP contribution in [0.25, 0.3) is 0 Å². The first-order valence-corrected chi connectivity index (χ1v) is 24.7. The molecule has 1 aromatic rings. The van der Waals surface area contributed by atoms with Crippen molar-refractivity contribution in [1.29, 1.82) is 0 Å². The molecule has 0 amide bonds. The van der Waals surface area contributed by atoms with E-state index in [0.29, 0.717) is 37.4 Å². The predicted molar refractivity (Wildman–Crippen MR) is 246 cm³/mol. The highest BCUT2D eigenvalue weighted by Gasteiger charge is 2.19. The summed E-state index contributed by atoms with van der Waals surface area (Å²) in [6.45, 7) is 10.8. The fourth-order valence-electron chi connectivity index (χ4n) is 7.87. The lowest BCUT2D eigenvalue weighted by molar-refractivity contribution is -0.150.